The number of rotatable bonds is 3. The Hall–Kier alpha value is -0.900. The normalized spacial score (nSPS) is 31.1. The van der Waals surface area contributed by atoms with Gasteiger partial charge in [-0.25, -0.2) is 0 Å². The average molecular weight is 233 g/mol. The minimum atomic E-state index is -0.182. The molecule has 1 aromatic rings. The van der Waals surface area contributed by atoms with Crippen molar-refractivity contribution in [2.45, 2.75) is 37.3 Å². The highest BCUT2D eigenvalue weighted by molar-refractivity contribution is 5.21. The van der Waals surface area contributed by atoms with Gasteiger partial charge < -0.3 is 16.8 Å². The standard InChI is InChI=1S/C14H23N3/c1-11(12-5-3-2-4-6-12)13-9-14(16,10-15)7-8-17-13/h2-6,11,13,17H,7-10,15-16H2,1H3. The van der Waals surface area contributed by atoms with Crippen LogP contribution in [0.3, 0.4) is 0 Å². The maximum absolute atomic E-state index is 6.30. The second-order valence-corrected chi connectivity index (χ2v) is 5.28. The number of benzene rings is 1. The van der Waals surface area contributed by atoms with Gasteiger partial charge in [-0.1, -0.05) is 37.3 Å². The lowest BCUT2D eigenvalue weighted by Gasteiger charge is -2.40. The zero-order valence-corrected chi connectivity index (χ0v) is 10.5. The van der Waals surface area contributed by atoms with E-state index in [1.807, 2.05) is 0 Å². The van der Waals surface area contributed by atoms with Crippen molar-refractivity contribution in [2.24, 2.45) is 11.5 Å². The van der Waals surface area contributed by atoms with E-state index in [1.54, 1.807) is 0 Å². The fraction of sp³-hybridized carbons (Fsp3) is 0.571. The van der Waals surface area contributed by atoms with Crippen molar-refractivity contribution in [3.63, 3.8) is 0 Å². The zero-order valence-electron chi connectivity index (χ0n) is 10.5. The monoisotopic (exact) mass is 233 g/mol. The Morgan fingerprint density at radius 3 is 2.76 bits per heavy atom. The Bertz CT molecular complexity index is 352. The summed E-state index contributed by atoms with van der Waals surface area (Å²) >= 11 is 0. The van der Waals surface area contributed by atoms with Gasteiger partial charge in [0.1, 0.15) is 0 Å². The average Bonchev–Trinajstić information content (AvgIpc) is 2.39. The van der Waals surface area contributed by atoms with Crippen LogP contribution in [0, 0.1) is 0 Å². The third-order valence-corrected chi connectivity index (χ3v) is 3.99. The van der Waals surface area contributed by atoms with E-state index in [4.69, 9.17) is 11.5 Å². The second-order valence-electron chi connectivity index (χ2n) is 5.28. The summed E-state index contributed by atoms with van der Waals surface area (Å²) in [6, 6.07) is 11.0. The van der Waals surface area contributed by atoms with Gasteiger partial charge in [0.15, 0.2) is 0 Å². The van der Waals surface area contributed by atoms with E-state index < -0.39 is 0 Å². The maximum Gasteiger partial charge on any atom is 0.0305 e. The summed E-state index contributed by atoms with van der Waals surface area (Å²) in [6.07, 6.45) is 1.93. The van der Waals surface area contributed by atoms with E-state index in [0.29, 0.717) is 18.5 Å². The molecular weight excluding hydrogens is 210 g/mol. The molecule has 5 N–H and O–H groups in total. The van der Waals surface area contributed by atoms with Crippen molar-refractivity contribution in [3.05, 3.63) is 35.9 Å². The number of hydrogen-bond acceptors (Lipinski definition) is 3. The SMILES string of the molecule is CC(c1ccccc1)C1CC(N)(CN)CCN1. The smallest absolute Gasteiger partial charge is 0.0305 e. The Balaban J connectivity index is 2.07. The summed E-state index contributed by atoms with van der Waals surface area (Å²) in [7, 11) is 0. The van der Waals surface area contributed by atoms with Crippen LogP contribution in [0.4, 0.5) is 0 Å². The third-order valence-electron chi connectivity index (χ3n) is 3.99. The van der Waals surface area contributed by atoms with Crippen molar-refractivity contribution in [2.75, 3.05) is 13.1 Å². The number of nitrogens with one attached hydrogen (secondary N) is 1. The molecule has 1 heterocycles. The number of piperidine rings is 1. The molecule has 3 unspecified atom stereocenters. The van der Waals surface area contributed by atoms with E-state index in [2.05, 4.69) is 42.6 Å². The minimum absolute atomic E-state index is 0.182. The molecular formula is C14H23N3. The van der Waals surface area contributed by atoms with Gasteiger partial charge in [-0.15, -0.1) is 0 Å². The molecule has 1 fully saturated rings. The van der Waals surface area contributed by atoms with Crippen LogP contribution in [0.2, 0.25) is 0 Å². The Morgan fingerprint density at radius 1 is 1.41 bits per heavy atom. The van der Waals surface area contributed by atoms with Gasteiger partial charge in [-0.2, -0.15) is 0 Å². The molecule has 94 valence electrons. The molecule has 0 saturated carbocycles. The number of nitrogens with two attached hydrogens (primary N) is 2. The molecule has 3 nitrogen and oxygen atoms in total. The molecule has 1 aliphatic rings. The predicted octanol–water partition coefficient (Wildman–Crippen LogP) is 1.20. The van der Waals surface area contributed by atoms with Gasteiger partial charge in [0, 0.05) is 18.1 Å². The van der Waals surface area contributed by atoms with Gasteiger partial charge in [-0.05, 0) is 30.9 Å². The lowest BCUT2D eigenvalue weighted by molar-refractivity contribution is 0.242. The summed E-state index contributed by atoms with van der Waals surface area (Å²) in [5, 5.41) is 3.57. The molecule has 2 rings (SSSR count). The van der Waals surface area contributed by atoms with Crippen molar-refractivity contribution in [1.29, 1.82) is 0 Å². The molecule has 0 aromatic heterocycles. The van der Waals surface area contributed by atoms with Crippen LogP contribution in [0.1, 0.15) is 31.2 Å². The third kappa shape index (κ3) is 2.86. The van der Waals surface area contributed by atoms with E-state index in [9.17, 15) is 0 Å². The van der Waals surface area contributed by atoms with Gasteiger partial charge >= 0.3 is 0 Å². The van der Waals surface area contributed by atoms with Crippen LogP contribution in [-0.4, -0.2) is 24.7 Å². The molecule has 3 atom stereocenters. The molecule has 3 heteroatoms. The van der Waals surface area contributed by atoms with E-state index in [1.165, 1.54) is 5.56 Å². The molecule has 17 heavy (non-hydrogen) atoms. The van der Waals surface area contributed by atoms with Gasteiger partial charge in [0.25, 0.3) is 0 Å². The second kappa shape index (κ2) is 5.17. The highest BCUT2D eigenvalue weighted by Crippen LogP contribution is 2.28. The van der Waals surface area contributed by atoms with Crippen molar-refractivity contribution in [1.82, 2.24) is 5.32 Å². The van der Waals surface area contributed by atoms with Crippen molar-refractivity contribution in [3.8, 4) is 0 Å². The highest BCUT2D eigenvalue weighted by atomic mass is 15.0. The van der Waals surface area contributed by atoms with E-state index in [0.717, 1.165) is 19.4 Å². The summed E-state index contributed by atoms with van der Waals surface area (Å²) in [5.41, 5.74) is 13.3. The summed E-state index contributed by atoms with van der Waals surface area (Å²) in [4.78, 5) is 0. The van der Waals surface area contributed by atoms with Crippen molar-refractivity contribution >= 4 is 0 Å². The maximum atomic E-state index is 6.30. The van der Waals surface area contributed by atoms with Crippen LogP contribution in [0.15, 0.2) is 30.3 Å². The Labute approximate surface area is 104 Å². The quantitative estimate of drug-likeness (QED) is 0.735. The van der Waals surface area contributed by atoms with E-state index in [-0.39, 0.29) is 5.54 Å². The van der Waals surface area contributed by atoms with Crippen LogP contribution in [0.25, 0.3) is 0 Å². The lowest BCUT2D eigenvalue weighted by atomic mass is 9.79. The number of hydrogen-bond donors (Lipinski definition) is 3. The van der Waals surface area contributed by atoms with E-state index >= 15 is 0 Å². The zero-order chi connectivity index (χ0) is 12.3. The summed E-state index contributed by atoms with van der Waals surface area (Å²) < 4.78 is 0. The van der Waals surface area contributed by atoms with Crippen LogP contribution >= 0.6 is 0 Å². The Kier molecular flexibility index (Phi) is 3.82. The molecule has 1 aliphatic heterocycles. The van der Waals surface area contributed by atoms with Crippen LogP contribution in [-0.2, 0) is 0 Å². The van der Waals surface area contributed by atoms with Gasteiger partial charge in [-0.3, -0.25) is 0 Å². The predicted molar refractivity (Wildman–Crippen MR) is 71.9 cm³/mol. The van der Waals surface area contributed by atoms with Gasteiger partial charge in [0.2, 0.25) is 0 Å². The summed E-state index contributed by atoms with van der Waals surface area (Å²) in [6.45, 7) is 3.80. The minimum Gasteiger partial charge on any atom is -0.329 e. The molecule has 0 aliphatic carbocycles. The Morgan fingerprint density at radius 2 is 2.12 bits per heavy atom. The van der Waals surface area contributed by atoms with Crippen LogP contribution in [0.5, 0.6) is 0 Å². The van der Waals surface area contributed by atoms with Crippen molar-refractivity contribution < 1.29 is 0 Å². The molecule has 1 aromatic carbocycles. The molecule has 1 saturated heterocycles. The topological polar surface area (TPSA) is 64.1 Å². The van der Waals surface area contributed by atoms with Gasteiger partial charge in [0.05, 0.1) is 0 Å². The molecule has 0 radical (unpaired) electrons. The highest BCUT2D eigenvalue weighted by Gasteiger charge is 2.33. The first kappa shape index (κ1) is 12.6. The largest absolute Gasteiger partial charge is 0.329 e. The summed E-state index contributed by atoms with van der Waals surface area (Å²) in [5.74, 6) is 0.478. The first-order valence-corrected chi connectivity index (χ1v) is 6.42. The first-order valence-electron chi connectivity index (χ1n) is 6.42. The molecule has 0 spiro atoms. The molecule has 0 bridgehead atoms. The first-order chi connectivity index (χ1) is 8.14. The fourth-order valence-electron chi connectivity index (χ4n) is 2.65. The lowest BCUT2D eigenvalue weighted by Crippen LogP contribution is -2.58. The van der Waals surface area contributed by atoms with Crippen LogP contribution < -0.4 is 16.8 Å². The molecule has 0 amide bonds. The fourth-order valence-corrected chi connectivity index (χ4v) is 2.65.